The fourth-order valence-corrected chi connectivity index (χ4v) is 9.84. The third-order valence-electron chi connectivity index (χ3n) is 10.2. The highest BCUT2D eigenvalue weighted by Gasteiger charge is 2.35. The number of nitrogens with two attached hydrogens (primary N) is 1. The number of fused-ring (bicyclic) bond motifs is 5. The van der Waals surface area contributed by atoms with Crippen molar-refractivity contribution in [1.29, 1.82) is 5.41 Å². The van der Waals surface area contributed by atoms with Gasteiger partial charge in [0.1, 0.15) is 36.3 Å². The van der Waals surface area contributed by atoms with E-state index in [-0.39, 0.29) is 73.4 Å². The lowest BCUT2D eigenvalue weighted by atomic mass is 10.0. The van der Waals surface area contributed by atoms with Crippen LogP contribution in [0.1, 0.15) is 57.4 Å². The molecule has 0 aromatic heterocycles. The molecular weight excluding hydrogens is 933 g/mol. The van der Waals surface area contributed by atoms with Crippen LogP contribution in [0.3, 0.4) is 0 Å². The first-order valence-electron chi connectivity index (χ1n) is 21.7. The Hall–Kier alpha value is -5.60. The van der Waals surface area contributed by atoms with E-state index in [9.17, 15) is 53.1 Å². The summed E-state index contributed by atoms with van der Waals surface area (Å²) >= 11 is 1.03. The summed E-state index contributed by atoms with van der Waals surface area (Å²) in [6.45, 7) is 1.58. The van der Waals surface area contributed by atoms with Crippen molar-refractivity contribution in [3.05, 3.63) is 35.9 Å². The molecule has 2 heterocycles. The first kappa shape index (κ1) is 55.7. The van der Waals surface area contributed by atoms with Gasteiger partial charge in [-0.05, 0) is 51.3 Å². The number of thioether (sulfide) groups is 1. The number of carboxylic acids is 1. The first-order chi connectivity index (χ1) is 32.0. The molecule has 1 aromatic carbocycles. The molecule has 26 heteroatoms. The molecule has 3 rings (SSSR count). The van der Waals surface area contributed by atoms with Gasteiger partial charge in [-0.3, -0.25) is 53.4 Å². The highest BCUT2D eigenvalue weighted by atomic mass is 33.1. The third kappa shape index (κ3) is 20.8. The number of amides is 8. The van der Waals surface area contributed by atoms with E-state index in [1.165, 1.54) is 0 Å². The Labute approximate surface area is 400 Å². The zero-order valence-electron chi connectivity index (χ0n) is 37.4. The Kier molecular flexibility index (Phi) is 24.9. The van der Waals surface area contributed by atoms with Gasteiger partial charge in [-0.1, -0.05) is 58.8 Å². The topological polar surface area (TPSA) is 361 Å². The molecule has 2 bridgehead atoms. The second kappa shape index (κ2) is 29.9. The summed E-state index contributed by atoms with van der Waals surface area (Å²) in [6, 6.07) is -0.834. The molecular formula is C41H62N12O11S3. The van der Waals surface area contributed by atoms with Gasteiger partial charge >= 0.3 is 5.97 Å². The van der Waals surface area contributed by atoms with Gasteiger partial charge in [-0.25, -0.2) is 0 Å². The molecule has 2 fully saturated rings. The predicted octanol–water partition coefficient (Wildman–Crippen LogP) is -3.01. The van der Waals surface area contributed by atoms with Gasteiger partial charge in [0.2, 0.25) is 47.3 Å². The van der Waals surface area contributed by atoms with Crippen LogP contribution in [0.25, 0.3) is 0 Å². The van der Waals surface area contributed by atoms with Crippen molar-refractivity contribution in [2.75, 3.05) is 49.7 Å². The minimum atomic E-state index is -1.75. The van der Waals surface area contributed by atoms with Gasteiger partial charge in [0.25, 0.3) is 0 Å². The van der Waals surface area contributed by atoms with Crippen LogP contribution in [-0.2, 0) is 54.4 Å². The summed E-state index contributed by atoms with van der Waals surface area (Å²) in [5, 5.41) is 43.3. The number of unbranched alkanes of at least 4 members (excludes halogenated alkanes) is 1. The summed E-state index contributed by atoms with van der Waals surface area (Å²) in [7, 11) is 3.73. The maximum absolute atomic E-state index is 14.3. The van der Waals surface area contributed by atoms with Gasteiger partial charge in [0.05, 0.1) is 24.8 Å². The molecule has 0 unspecified atom stereocenters. The zero-order chi connectivity index (χ0) is 49.3. The van der Waals surface area contributed by atoms with E-state index in [1.807, 2.05) is 0 Å². The fourth-order valence-electron chi connectivity index (χ4n) is 6.62. The van der Waals surface area contributed by atoms with Crippen LogP contribution in [0.15, 0.2) is 30.3 Å². The van der Waals surface area contributed by atoms with Crippen molar-refractivity contribution >= 4 is 98.3 Å². The SMILES string of the molecule is CCC(=O)[C@@H]1CSCC(=O)N[C@@H](CCCCNC)C(=O)N[C@H]2CSSC[C@H](NC(=O)[C@H](CC(=O)O)NC(=O)CNC(=O)[C@H](CCCNC(=N)N)NC2=O)C(=O)N[C@@H](Cc2ccccc2)C(=O)N1. The molecule has 14 N–H and O–H groups in total. The summed E-state index contributed by atoms with van der Waals surface area (Å²) < 4.78 is 0. The van der Waals surface area contributed by atoms with Crippen LogP contribution in [0.2, 0.25) is 0 Å². The number of carboxylic acid groups (broad SMARTS) is 1. The van der Waals surface area contributed by atoms with Crippen molar-refractivity contribution in [3.63, 3.8) is 0 Å². The Balaban J connectivity index is 2.14. The van der Waals surface area contributed by atoms with E-state index in [4.69, 9.17) is 11.1 Å². The lowest BCUT2D eigenvalue weighted by molar-refractivity contribution is -0.141. The third-order valence-corrected chi connectivity index (χ3v) is 13.7. The van der Waals surface area contributed by atoms with Crippen LogP contribution in [0.5, 0.6) is 0 Å². The number of nitrogens with one attached hydrogen (secondary N) is 11. The summed E-state index contributed by atoms with van der Waals surface area (Å²) in [4.78, 5) is 136. The molecule has 67 heavy (non-hydrogen) atoms. The molecule has 0 saturated carbocycles. The average Bonchev–Trinajstić information content (AvgIpc) is 3.28. The normalized spacial score (nSPS) is 24.6. The monoisotopic (exact) mass is 994 g/mol. The van der Waals surface area contributed by atoms with E-state index in [0.29, 0.717) is 24.9 Å². The molecule has 8 amide bonds. The molecule has 23 nitrogen and oxygen atoms in total. The Morgan fingerprint density at radius 3 is 1.90 bits per heavy atom. The highest BCUT2D eigenvalue weighted by molar-refractivity contribution is 8.76. The minimum Gasteiger partial charge on any atom is -0.481 e. The van der Waals surface area contributed by atoms with Gasteiger partial charge in [-0.2, -0.15) is 0 Å². The minimum absolute atomic E-state index is 0.0239. The quantitative estimate of drug-likeness (QED) is 0.0360. The summed E-state index contributed by atoms with van der Waals surface area (Å²) in [5.74, 6) is -9.57. The highest BCUT2D eigenvalue weighted by Crippen LogP contribution is 2.24. The molecule has 2 aliphatic rings. The molecule has 7 atom stereocenters. The smallest absolute Gasteiger partial charge is 0.305 e. The second-order valence-corrected chi connectivity index (χ2v) is 19.1. The lowest BCUT2D eigenvalue weighted by Crippen LogP contribution is -2.59. The van der Waals surface area contributed by atoms with Gasteiger partial charge in [0, 0.05) is 36.6 Å². The number of aliphatic carboxylic acids is 1. The molecule has 2 aliphatic heterocycles. The predicted molar refractivity (Wildman–Crippen MR) is 253 cm³/mol. The maximum atomic E-state index is 14.3. The van der Waals surface area contributed by atoms with Crippen molar-refractivity contribution in [3.8, 4) is 0 Å². The summed E-state index contributed by atoms with van der Waals surface area (Å²) in [5.41, 5.74) is 6.02. The number of hydrogen-bond acceptors (Lipinski definition) is 15. The Morgan fingerprint density at radius 1 is 0.701 bits per heavy atom. The number of hydrogen-bond donors (Lipinski definition) is 13. The van der Waals surface area contributed by atoms with Crippen molar-refractivity contribution in [2.45, 2.75) is 101 Å². The first-order valence-corrected chi connectivity index (χ1v) is 25.4. The maximum Gasteiger partial charge on any atom is 0.305 e. The molecule has 0 radical (unpaired) electrons. The molecule has 2 saturated heterocycles. The molecule has 0 aliphatic carbocycles. The van der Waals surface area contributed by atoms with Crippen LogP contribution < -0.4 is 58.9 Å². The standard InChI is InChI=1S/C41H62N12O11S3/c1-3-31(54)28-19-65-22-33(56)47-25(12-7-8-14-44-2)36(60)52-29-20-66-67-21-30(40(64)50-26(37(61)51-28)16-23-10-5-4-6-11-23)53-38(62)27(17-34(57)58)48-32(55)18-46-35(59)24(49-39(29)63)13-9-15-45-41(42)43/h4-6,10-11,24-30,44H,3,7-9,12-22H2,1-2H3,(H,46,59)(H,47,56)(H,48,55)(H,49,63)(H,50,64)(H,51,61)(H,52,60)(H,53,62)(H,57,58)(H4,42,43,45)/t24-,25-,26-,27-,28-,29-,30-/m0/s1. The Morgan fingerprint density at radius 2 is 1.28 bits per heavy atom. The fraction of sp³-hybridized carbons (Fsp3) is 0.585. The van der Waals surface area contributed by atoms with E-state index in [0.717, 1.165) is 33.3 Å². The van der Waals surface area contributed by atoms with E-state index in [2.05, 4.69) is 53.2 Å². The van der Waals surface area contributed by atoms with Gasteiger partial charge in [-0.15, -0.1) is 11.8 Å². The number of carbonyl (C=O) groups excluding carboxylic acids is 9. The van der Waals surface area contributed by atoms with Crippen LogP contribution >= 0.6 is 33.3 Å². The van der Waals surface area contributed by atoms with Gasteiger partial charge in [0.15, 0.2) is 11.7 Å². The number of rotatable bonds is 15. The average molecular weight is 995 g/mol. The lowest BCUT2D eigenvalue weighted by Gasteiger charge is -2.27. The number of benzene rings is 1. The number of Topliss-reactive ketones (excluding diaryl/α,β-unsaturated/α-hetero) is 1. The molecule has 0 spiro atoms. The second-order valence-electron chi connectivity index (χ2n) is 15.5. The van der Waals surface area contributed by atoms with E-state index >= 15 is 0 Å². The van der Waals surface area contributed by atoms with Crippen LogP contribution in [0.4, 0.5) is 0 Å². The zero-order valence-corrected chi connectivity index (χ0v) is 39.8. The largest absolute Gasteiger partial charge is 0.481 e. The molecule has 370 valence electrons. The van der Waals surface area contributed by atoms with E-state index in [1.54, 1.807) is 44.3 Å². The number of guanidine groups is 1. The Bertz CT molecular complexity index is 1920. The van der Waals surface area contributed by atoms with Crippen molar-refractivity contribution in [2.24, 2.45) is 5.73 Å². The van der Waals surface area contributed by atoms with E-state index < -0.39 is 108 Å². The molecule has 1 aromatic rings. The van der Waals surface area contributed by atoms with Crippen molar-refractivity contribution < 1.29 is 53.1 Å². The van der Waals surface area contributed by atoms with Crippen LogP contribution in [-0.4, -0.2) is 162 Å². The number of ketones is 1. The van der Waals surface area contributed by atoms with Gasteiger partial charge < -0.3 is 64.0 Å². The van der Waals surface area contributed by atoms with Crippen LogP contribution in [0, 0.1) is 5.41 Å². The van der Waals surface area contributed by atoms with Crippen molar-refractivity contribution in [1.82, 2.24) is 53.2 Å². The summed E-state index contributed by atoms with van der Waals surface area (Å²) in [6.07, 6.45) is 0.488. The number of carbonyl (C=O) groups is 10.